The highest BCUT2D eigenvalue weighted by Crippen LogP contribution is 2.33. The summed E-state index contributed by atoms with van der Waals surface area (Å²) in [5, 5.41) is 11.0. The molecule has 0 spiro atoms. The van der Waals surface area contributed by atoms with Gasteiger partial charge >= 0.3 is 0 Å². The van der Waals surface area contributed by atoms with Gasteiger partial charge in [-0.15, -0.1) is 0 Å². The van der Waals surface area contributed by atoms with Crippen LogP contribution in [0.25, 0.3) is 11.1 Å². The minimum atomic E-state index is 0.138. The molecule has 1 N–H and O–H groups in total. The van der Waals surface area contributed by atoms with E-state index in [2.05, 4.69) is 69.3 Å². The van der Waals surface area contributed by atoms with Crippen molar-refractivity contribution in [3.05, 3.63) is 87.4 Å². The molecule has 1 atom stereocenters. The van der Waals surface area contributed by atoms with Crippen LogP contribution in [0.1, 0.15) is 37.5 Å². The first-order chi connectivity index (χ1) is 13.8. The number of hydrogen-bond donors (Lipinski definition) is 1. The molecule has 0 fully saturated rings. The smallest absolute Gasteiger partial charge is 0.137 e. The van der Waals surface area contributed by atoms with Crippen LogP contribution in [0.4, 0.5) is 0 Å². The SMILES string of the molecule is CC(C)Cc1cccc(-c2ccc(CC(C)Cc3cc(Cl)cc(Cl)c3O)cc2)c1. The van der Waals surface area contributed by atoms with Gasteiger partial charge < -0.3 is 5.11 Å². The zero-order valence-corrected chi connectivity index (χ0v) is 18.8. The highest BCUT2D eigenvalue weighted by Gasteiger charge is 2.12. The summed E-state index contributed by atoms with van der Waals surface area (Å²) in [7, 11) is 0. The number of aromatic hydroxyl groups is 1. The topological polar surface area (TPSA) is 20.2 Å². The van der Waals surface area contributed by atoms with Gasteiger partial charge in [0.15, 0.2) is 0 Å². The van der Waals surface area contributed by atoms with Crippen molar-refractivity contribution in [2.75, 3.05) is 0 Å². The number of hydrogen-bond acceptors (Lipinski definition) is 1. The van der Waals surface area contributed by atoms with E-state index in [1.807, 2.05) is 0 Å². The molecule has 0 radical (unpaired) electrons. The highest BCUT2D eigenvalue weighted by molar-refractivity contribution is 6.35. The molecule has 1 nitrogen and oxygen atoms in total. The van der Waals surface area contributed by atoms with Crippen LogP contribution in [0.5, 0.6) is 5.75 Å². The molecule has 0 heterocycles. The molecule has 3 rings (SSSR count). The van der Waals surface area contributed by atoms with E-state index in [9.17, 15) is 5.11 Å². The van der Waals surface area contributed by atoms with Gasteiger partial charge in [-0.2, -0.15) is 0 Å². The highest BCUT2D eigenvalue weighted by atomic mass is 35.5. The summed E-state index contributed by atoms with van der Waals surface area (Å²) in [6.07, 6.45) is 2.76. The van der Waals surface area contributed by atoms with Crippen molar-refractivity contribution < 1.29 is 5.11 Å². The van der Waals surface area contributed by atoms with E-state index in [1.165, 1.54) is 22.3 Å². The van der Waals surface area contributed by atoms with E-state index in [1.54, 1.807) is 12.1 Å². The molecule has 0 amide bonds. The molecular weight excluding hydrogens is 399 g/mol. The number of phenols is 1. The minimum absolute atomic E-state index is 0.138. The summed E-state index contributed by atoms with van der Waals surface area (Å²) in [5.41, 5.74) is 5.98. The molecule has 3 heteroatoms. The van der Waals surface area contributed by atoms with Crippen LogP contribution in [0.15, 0.2) is 60.7 Å². The molecule has 0 aromatic heterocycles. The zero-order valence-electron chi connectivity index (χ0n) is 17.3. The maximum atomic E-state index is 10.2. The Labute approximate surface area is 184 Å². The molecule has 0 bridgehead atoms. The lowest BCUT2D eigenvalue weighted by Crippen LogP contribution is -2.04. The Kier molecular flexibility index (Phi) is 7.27. The quantitative estimate of drug-likeness (QED) is 0.405. The molecule has 0 saturated heterocycles. The van der Waals surface area contributed by atoms with Gasteiger partial charge in [-0.05, 0) is 71.0 Å². The fourth-order valence-electron chi connectivity index (χ4n) is 3.81. The van der Waals surface area contributed by atoms with E-state index in [-0.39, 0.29) is 5.75 Å². The summed E-state index contributed by atoms with van der Waals surface area (Å²) >= 11 is 12.1. The second-order valence-electron chi connectivity index (χ2n) is 8.40. The Bertz CT molecular complexity index is 961. The number of rotatable bonds is 7. The predicted octanol–water partition coefficient (Wildman–Crippen LogP) is 7.99. The summed E-state index contributed by atoms with van der Waals surface area (Å²) in [4.78, 5) is 0. The molecule has 0 saturated carbocycles. The first-order valence-electron chi connectivity index (χ1n) is 10.2. The van der Waals surface area contributed by atoms with Crippen LogP contribution < -0.4 is 0 Å². The monoisotopic (exact) mass is 426 g/mol. The largest absolute Gasteiger partial charge is 0.506 e. The van der Waals surface area contributed by atoms with E-state index < -0.39 is 0 Å². The van der Waals surface area contributed by atoms with Crippen molar-refractivity contribution in [3.8, 4) is 16.9 Å². The van der Waals surface area contributed by atoms with Gasteiger partial charge in [-0.25, -0.2) is 0 Å². The molecule has 152 valence electrons. The summed E-state index contributed by atoms with van der Waals surface area (Å²) in [6, 6.07) is 21.0. The molecule has 3 aromatic rings. The molecule has 0 aliphatic heterocycles. The molecule has 1 unspecified atom stereocenters. The summed E-state index contributed by atoms with van der Waals surface area (Å²) < 4.78 is 0. The van der Waals surface area contributed by atoms with Gasteiger partial charge in [0, 0.05) is 5.02 Å². The lowest BCUT2D eigenvalue weighted by atomic mass is 9.92. The van der Waals surface area contributed by atoms with Gasteiger partial charge in [0.25, 0.3) is 0 Å². The lowest BCUT2D eigenvalue weighted by Gasteiger charge is -2.14. The van der Waals surface area contributed by atoms with Gasteiger partial charge in [-0.3, -0.25) is 0 Å². The first-order valence-corrected chi connectivity index (χ1v) is 10.9. The minimum Gasteiger partial charge on any atom is -0.506 e. The average Bonchev–Trinajstić information content (AvgIpc) is 2.66. The van der Waals surface area contributed by atoms with Crippen molar-refractivity contribution in [2.24, 2.45) is 11.8 Å². The van der Waals surface area contributed by atoms with Crippen LogP contribution >= 0.6 is 23.2 Å². The second kappa shape index (κ2) is 9.69. The third-order valence-electron chi connectivity index (χ3n) is 5.12. The van der Waals surface area contributed by atoms with E-state index in [0.717, 1.165) is 24.8 Å². The fraction of sp³-hybridized carbons (Fsp3) is 0.308. The van der Waals surface area contributed by atoms with Crippen molar-refractivity contribution in [1.29, 1.82) is 0 Å². The molecule has 29 heavy (non-hydrogen) atoms. The van der Waals surface area contributed by atoms with E-state index in [4.69, 9.17) is 23.2 Å². The van der Waals surface area contributed by atoms with Crippen molar-refractivity contribution in [2.45, 2.75) is 40.0 Å². The number of benzene rings is 3. The van der Waals surface area contributed by atoms with Gasteiger partial charge in [-0.1, -0.05) is 92.5 Å². The van der Waals surface area contributed by atoms with E-state index in [0.29, 0.717) is 21.9 Å². The maximum Gasteiger partial charge on any atom is 0.137 e. The Morgan fingerprint density at radius 3 is 2.17 bits per heavy atom. The number of halogens is 2. The molecule has 0 aliphatic carbocycles. The third-order valence-corrected chi connectivity index (χ3v) is 5.62. The van der Waals surface area contributed by atoms with E-state index >= 15 is 0 Å². The van der Waals surface area contributed by atoms with Crippen molar-refractivity contribution >= 4 is 23.2 Å². The van der Waals surface area contributed by atoms with Crippen LogP contribution in [-0.2, 0) is 19.3 Å². The predicted molar refractivity (Wildman–Crippen MR) is 125 cm³/mol. The van der Waals surface area contributed by atoms with Gasteiger partial charge in [0.2, 0.25) is 0 Å². The Morgan fingerprint density at radius 1 is 0.759 bits per heavy atom. The average molecular weight is 427 g/mol. The lowest BCUT2D eigenvalue weighted by molar-refractivity contribution is 0.459. The Morgan fingerprint density at radius 2 is 1.48 bits per heavy atom. The Balaban J connectivity index is 1.68. The molecule has 0 aliphatic rings. The molecular formula is C26H28Cl2O. The van der Waals surface area contributed by atoms with Crippen molar-refractivity contribution in [3.63, 3.8) is 0 Å². The second-order valence-corrected chi connectivity index (χ2v) is 9.25. The Hall–Kier alpha value is -1.96. The zero-order chi connectivity index (χ0) is 21.0. The molecule has 3 aromatic carbocycles. The summed E-state index contributed by atoms with van der Waals surface area (Å²) in [5.74, 6) is 1.15. The van der Waals surface area contributed by atoms with Gasteiger partial charge in [0.05, 0.1) is 5.02 Å². The maximum absolute atomic E-state index is 10.2. The van der Waals surface area contributed by atoms with Crippen LogP contribution in [0.3, 0.4) is 0 Å². The van der Waals surface area contributed by atoms with Crippen LogP contribution in [0.2, 0.25) is 10.0 Å². The third kappa shape index (κ3) is 6.01. The normalized spacial score (nSPS) is 12.3. The standard InChI is InChI=1S/C26H28Cl2O/c1-17(2)11-20-5-4-6-22(14-20)21-9-7-19(8-10-21)12-18(3)13-23-15-24(27)16-25(28)26(23)29/h4-10,14-18,29H,11-13H2,1-3H3. The summed E-state index contributed by atoms with van der Waals surface area (Å²) in [6.45, 7) is 6.68. The van der Waals surface area contributed by atoms with Gasteiger partial charge in [0.1, 0.15) is 5.75 Å². The number of phenolic OH excluding ortho intramolecular Hbond substituents is 1. The fourth-order valence-corrected chi connectivity index (χ4v) is 4.34. The van der Waals surface area contributed by atoms with Crippen molar-refractivity contribution in [1.82, 2.24) is 0 Å². The first kappa shape index (κ1) is 21.7. The van der Waals surface area contributed by atoms with Crippen LogP contribution in [-0.4, -0.2) is 5.11 Å². The van der Waals surface area contributed by atoms with Crippen LogP contribution in [0, 0.1) is 11.8 Å².